The number of nitrogens with one attached hydrogen (secondary N) is 1. The van der Waals surface area contributed by atoms with Crippen molar-refractivity contribution in [3.05, 3.63) is 0 Å². The first kappa shape index (κ1) is 9.97. The van der Waals surface area contributed by atoms with Crippen molar-refractivity contribution < 1.29 is 9.53 Å². The summed E-state index contributed by atoms with van der Waals surface area (Å²) < 4.78 is 5.32. The first-order valence-electron chi connectivity index (χ1n) is 5.72. The normalized spacial score (nSPS) is 24.9. The molecule has 2 rings (SSSR count). The van der Waals surface area contributed by atoms with E-state index >= 15 is 0 Å². The Morgan fingerprint density at radius 1 is 1.29 bits per heavy atom. The van der Waals surface area contributed by atoms with E-state index in [0.29, 0.717) is 6.04 Å². The van der Waals surface area contributed by atoms with Crippen molar-refractivity contribution in [3.63, 3.8) is 0 Å². The van der Waals surface area contributed by atoms with Gasteiger partial charge in [-0.3, -0.25) is 4.79 Å². The fourth-order valence-electron chi connectivity index (χ4n) is 1.75. The molecular weight excluding hydrogens is 178 g/mol. The maximum absolute atomic E-state index is 11.5. The van der Waals surface area contributed by atoms with Crippen molar-refractivity contribution in [3.8, 4) is 0 Å². The summed E-state index contributed by atoms with van der Waals surface area (Å²) >= 11 is 0. The molecule has 0 aromatic rings. The molecule has 80 valence electrons. The molecule has 0 unspecified atom stereocenters. The Morgan fingerprint density at radius 3 is 2.36 bits per heavy atom. The number of carbonyl (C=O) groups is 1. The van der Waals surface area contributed by atoms with Crippen LogP contribution in [0.25, 0.3) is 0 Å². The second-order valence-corrected chi connectivity index (χ2v) is 4.51. The van der Waals surface area contributed by atoms with E-state index in [9.17, 15) is 4.79 Å². The Kier molecular flexibility index (Phi) is 3.06. The molecule has 3 nitrogen and oxygen atoms in total. The number of hydrogen-bond donors (Lipinski definition) is 1. The smallest absolute Gasteiger partial charge is 0.323 e. The second-order valence-electron chi connectivity index (χ2n) is 4.51. The Balaban J connectivity index is 1.66. The molecule has 0 aliphatic heterocycles. The number of hydrogen-bond acceptors (Lipinski definition) is 3. The van der Waals surface area contributed by atoms with Gasteiger partial charge in [-0.25, -0.2) is 0 Å². The van der Waals surface area contributed by atoms with Gasteiger partial charge in [-0.05, 0) is 39.0 Å². The van der Waals surface area contributed by atoms with Gasteiger partial charge in [0.05, 0.1) is 0 Å². The molecule has 0 saturated heterocycles. The minimum atomic E-state index is -0.124. The lowest BCUT2D eigenvalue weighted by Crippen LogP contribution is -2.46. The lowest BCUT2D eigenvalue weighted by atomic mass is 9.92. The molecule has 2 fully saturated rings. The van der Waals surface area contributed by atoms with Crippen LogP contribution in [0.2, 0.25) is 0 Å². The quantitative estimate of drug-likeness (QED) is 0.696. The molecule has 0 bridgehead atoms. The monoisotopic (exact) mass is 197 g/mol. The molecule has 1 atom stereocenters. The summed E-state index contributed by atoms with van der Waals surface area (Å²) in [6.45, 7) is 1.90. The van der Waals surface area contributed by atoms with Gasteiger partial charge in [-0.2, -0.15) is 0 Å². The van der Waals surface area contributed by atoms with Gasteiger partial charge in [0.1, 0.15) is 12.1 Å². The Labute approximate surface area is 85.2 Å². The summed E-state index contributed by atoms with van der Waals surface area (Å²) in [6, 6.07) is 0.430. The Bertz CT molecular complexity index is 209. The molecule has 1 N–H and O–H groups in total. The Morgan fingerprint density at radius 2 is 1.93 bits per heavy atom. The first-order chi connectivity index (χ1) is 6.75. The van der Waals surface area contributed by atoms with E-state index < -0.39 is 0 Å². The standard InChI is InChI=1S/C11H19NO2/c1-8(12-9-4-2-5-9)11(13)14-10-6-3-7-10/h8-10,12H,2-7H2,1H3/t8-/m0/s1. The number of carbonyl (C=O) groups excluding carboxylic acids is 1. The van der Waals surface area contributed by atoms with E-state index in [1.165, 1.54) is 25.7 Å². The van der Waals surface area contributed by atoms with Gasteiger partial charge < -0.3 is 10.1 Å². The average molecular weight is 197 g/mol. The highest BCUT2D eigenvalue weighted by Gasteiger charge is 2.27. The van der Waals surface area contributed by atoms with Crippen LogP contribution in [0.15, 0.2) is 0 Å². The molecule has 0 radical (unpaired) electrons. The van der Waals surface area contributed by atoms with Crippen LogP contribution >= 0.6 is 0 Å². The van der Waals surface area contributed by atoms with Crippen molar-refractivity contribution in [2.45, 2.75) is 63.6 Å². The summed E-state index contributed by atoms with van der Waals surface area (Å²) in [5.74, 6) is -0.0680. The minimum absolute atomic E-state index is 0.0680. The van der Waals surface area contributed by atoms with E-state index in [4.69, 9.17) is 4.74 Å². The minimum Gasteiger partial charge on any atom is -0.461 e. The molecular formula is C11H19NO2. The van der Waals surface area contributed by atoms with Crippen LogP contribution in [0, 0.1) is 0 Å². The number of esters is 1. The zero-order valence-corrected chi connectivity index (χ0v) is 8.79. The molecule has 2 aliphatic carbocycles. The zero-order chi connectivity index (χ0) is 9.97. The summed E-state index contributed by atoms with van der Waals surface area (Å²) in [5.41, 5.74) is 0. The van der Waals surface area contributed by atoms with Gasteiger partial charge in [-0.1, -0.05) is 6.42 Å². The fraction of sp³-hybridized carbons (Fsp3) is 0.909. The van der Waals surface area contributed by atoms with Crippen LogP contribution in [0.1, 0.15) is 45.4 Å². The van der Waals surface area contributed by atoms with Crippen LogP contribution in [-0.4, -0.2) is 24.2 Å². The van der Waals surface area contributed by atoms with Gasteiger partial charge in [0.2, 0.25) is 0 Å². The molecule has 0 aromatic heterocycles. The van der Waals surface area contributed by atoms with E-state index in [1.54, 1.807) is 0 Å². The number of rotatable bonds is 4. The van der Waals surface area contributed by atoms with Gasteiger partial charge in [-0.15, -0.1) is 0 Å². The SMILES string of the molecule is C[C@H](NC1CCC1)C(=O)OC1CCC1. The van der Waals surface area contributed by atoms with Crippen molar-refractivity contribution >= 4 is 5.97 Å². The van der Waals surface area contributed by atoms with Crippen molar-refractivity contribution in [1.29, 1.82) is 0 Å². The molecule has 2 aliphatic rings. The third-order valence-electron chi connectivity index (χ3n) is 3.28. The molecule has 0 heterocycles. The third kappa shape index (κ3) is 2.27. The first-order valence-corrected chi connectivity index (χ1v) is 5.72. The summed E-state index contributed by atoms with van der Waals surface area (Å²) in [4.78, 5) is 11.5. The summed E-state index contributed by atoms with van der Waals surface area (Å²) in [7, 11) is 0. The lowest BCUT2D eigenvalue weighted by Gasteiger charge is -2.31. The molecule has 0 spiro atoms. The third-order valence-corrected chi connectivity index (χ3v) is 3.28. The molecule has 3 heteroatoms. The highest BCUT2D eigenvalue weighted by atomic mass is 16.5. The zero-order valence-electron chi connectivity index (χ0n) is 8.79. The molecule has 0 amide bonds. The lowest BCUT2D eigenvalue weighted by molar-refractivity contribution is -0.155. The molecule has 2 saturated carbocycles. The van der Waals surface area contributed by atoms with Gasteiger partial charge in [0, 0.05) is 6.04 Å². The largest absolute Gasteiger partial charge is 0.461 e. The van der Waals surface area contributed by atoms with Crippen molar-refractivity contribution in [2.75, 3.05) is 0 Å². The topological polar surface area (TPSA) is 38.3 Å². The fourth-order valence-corrected chi connectivity index (χ4v) is 1.75. The maximum atomic E-state index is 11.5. The van der Waals surface area contributed by atoms with Crippen molar-refractivity contribution in [2.24, 2.45) is 0 Å². The van der Waals surface area contributed by atoms with Crippen LogP contribution in [0.5, 0.6) is 0 Å². The molecule has 0 aromatic carbocycles. The van der Waals surface area contributed by atoms with Crippen LogP contribution in [0.3, 0.4) is 0 Å². The average Bonchev–Trinajstić information content (AvgIpc) is 2.03. The highest BCUT2D eigenvalue weighted by Crippen LogP contribution is 2.23. The van der Waals surface area contributed by atoms with Gasteiger partial charge in [0.15, 0.2) is 0 Å². The predicted octanol–water partition coefficient (Wildman–Crippen LogP) is 1.61. The summed E-state index contributed by atoms with van der Waals surface area (Å²) in [5, 5.41) is 3.30. The van der Waals surface area contributed by atoms with E-state index in [-0.39, 0.29) is 18.1 Å². The van der Waals surface area contributed by atoms with Crippen molar-refractivity contribution in [1.82, 2.24) is 5.32 Å². The Hall–Kier alpha value is -0.570. The maximum Gasteiger partial charge on any atom is 0.323 e. The number of ether oxygens (including phenoxy) is 1. The predicted molar refractivity (Wildman–Crippen MR) is 54.0 cm³/mol. The van der Waals surface area contributed by atoms with Crippen LogP contribution < -0.4 is 5.32 Å². The molecule has 14 heavy (non-hydrogen) atoms. The van der Waals surface area contributed by atoms with Gasteiger partial charge in [0.25, 0.3) is 0 Å². The van der Waals surface area contributed by atoms with E-state index in [0.717, 1.165) is 12.8 Å². The van der Waals surface area contributed by atoms with Crippen LogP contribution in [-0.2, 0) is 9.53 Å². The second kappa shape index (κ2) is 4.30. The highest BCUT2D eigenvalue weighted by molar-refractivity contribution is 5.75. The van der Waals surface area contributed by atoms with Gasteiger partial charge >= 0.3 is 5.97 Å². The van der Waals surface area contributed by atoms with E-state index in [1.807, 2.05) is 6.92 Å². The van der Waals surface area contributed by atoms with Crippen LogP contribution in [0.4, 0.5) is 0 Å². The van der Waals surface area contributed by atoms with E-state index in [2.05, 4.69) is 5.32 Å². The summed E-state index contributed by atoms with van der Waals surface area (Å²) in [6.07, 6.45) is 7.25.